The molecule has 3 nitrogen and oxygen atoms in total. The maximum atomic E-state index is 15.8. The lowest BCUT2D eigenvalue weighted by molar-refractivity contribution is 0.0667. The number of rotatable bonds is 9. The van der Waals surface area contributed by atoms with E-state index < -0.39 is 23.5 Å². The summed E-state index contributed by atoms with van der Waals surface area (Å²) in [6, 6.07) is 13.8. The minimum Gasteiger partial charge on any atom is -0.492 e. The monoisotopic (exact) mass is 544 g/mol. The molecule has 2 heterocycles. The van der Waals surface area contributed by atoms with E-state index in [9.17, 15) is 8.78 Å². The summed E-state index contributed by atoms with van der Waals surface area (Å²) in [5.74, 6) is -1.84. The molecule has 0 saturated carbocycles. The van der Waals surface area contributed by atoms with Crippen molar-refractivity contribution in [3.63, 3.8) is 0 Å². The lowest BCUT2D eigenvalue weighted by Gasteiger charge is -2.37. The Bertz CT molecular complexity index is 1310. The predicted molar refractivity (Wildman–Crippen MR) is 144 cm³/mol. The minimum atomic E-state index is -0.751. The van der Waals surface area contributed by atoms with Gasteiger partial charge < -0.3 is 10.1 Å². The normalized spacial score (nSPS) is 18.0. The van der Waals surface area contributed by atoms with Crippen molar-refractivity contribution in [2.24, 2.45) is 5.92 Å². The van der Waals surface area contributed by atoms with E-state index in [1.165, 1.54) is 24.3 Å². The maximum Gasteiger partial charge on any atom is 0.137 e. The number of para-hydroxylation sites is 1. The van der Waals surface area contributed by atoms with Gasteiger partial charge in [0.15, 0.2) is 0 Å². The number of nitrogens with zero attached hydrogens (tertiary/aromatic N) is 1. The first-order valence-corrected chi connectivity index (χ1v) is 13.2. The first kappa shape index (κ1) is 26.6. The topological polar surface area (TPSA) is 24.5 Å². The number of benzene rings is 3. The molecule has 3 aromatic carbocycles. The van der Waals surface area contributed by atoms with Crippen LogP contribution in [0.15, 0.2) is 54.6 Å². The average Bonchev–Trinajstić information content (AvgIpc) is 3.29. The fourth-order valence-corrected chi connectivity index (χ4v) is 5.69. The summed E-state index contributed by atoms with van der Waals surface area (Å²) >= 11 is 6.43. The number of fused-ring (bicyclic) bond motifs is 1. The predicted octanol–water partition coefficient (Wildman–Crippen LogP) is 7.40. The molecule has 3 aromatic rings. The van der Waals surface area contributed by atoms with Crippen LogP contribution in [0.3, 0.4) is 0 Å². The van der Waals surface area contributed by atoms with Gasteiger partial charge >= 0.3 is 0 Å². The van der Waals surface area contributed by atoms with Gasteiger partial charge in [0.1, 0.15) is 29.8 Å². The van der Waals surface area contributed by atoms with Gasteiger partial charge in [0, 0.05) is 43.4 Å². The molecule has 0 spiro atoms. The van der Waals surface area contributed by atoms with Gasteiger partial charge in [-0.05, 0) is 53.3 Å². The summed E-state index contributed by atoms with van der Waals surface area (Å²) in [4.78, 5) is 2.04. The number of likely N-dealkylation sites (tertiary alicyclic amines) is 1. The largest absolute Gasteiger partial charge is 0.492 e. The molecule has 5 rings (SSSR count). The van der Waals surface area contributed by atoms with E-state index in [-0.39, 0.29) is 35.5 Å². The molecule has 38 heavy (non-hydrogen) atoms. The van der Waals surface area contributed by atoms with E-state index >= 15 is 8.78 Å². The summed E-state index contributed by atoms with van der Waals surface area (Å²) < 4.78 is 63.6. The molecule has 1 N–H and O–H groups in total. The second-order valence-corrected chi connectivity index (χ2v) is 10.2. The van der Waals surface area contributed by atoms with E-state index in [0.29, 0.717) is 49.2 Å². The van der Waals surface area contributed by atoms with Crippen molar-refractivity contribution in [3.05, 3.63) is 93.8 Å². The molecule has 0 aliphatic carbocycles. The lowest BCUT2D eigenvalue weighted by atomic mass is 9.86. The van der Waals surface area contributed by atoms with Gasteiger partial charge in [-0.25, -0.2) is 13.2 Å². The molecule has 1 saturated heterocycles. The zero-order chi connectivity index (χ0) is 26.8. The molecule has 0 radical (unpaired) electrons. The fraction of sp³-hybridized carbons (Fsp3) is 0.333. The Labute approximate surface area is 225 Å². The zero-order valence-corrected chi connectivity index (χ0v) is 21.8. The Morgan fingerprint density at radius 2 is 1.79 bits per heavy atom. The van der Waals surface area contributed by atoms with Crippen LogP contribution in [0.25, 0.3) is 11.1 Å². The van der Waals surface area contributed by atoms with E-state index in [0.717, 1.165) is 11.3 Å². The molecule has 200 valence electrons. The van der Waals surface area contributed by atoms with Crippen molar-refractivity contribution >= 4 is 28.4 Å². The smallest absolute Gasteiger partial charge is 0.137 e. The van der Waals surface area contributed by atoms with Crippen LogP contribution in [0.5, 0.6) is 5.75 Å². The van der Waals surface area contributed by atoms with Crippen molar-refractivity contribution in [2.45, 2.75) is 25.8 Å². The van der Waals surface area contributed by atoms with Gasteiger partial charge in [0.25, 0.3) is 0 Å². The summed E-state index contributed by atoms with van der Waals surface area (Å²) in [5.41, 5.74) is 3.38. The Kier molecular flexibility index (Phi) is 7.96. The number of nitrogens with one attached hydrogen (secondary N) is 1. The van der Waals surface area contributed by atoms with Crippen LogP contribution in [0.2, 0.25) is 5.02 Å². The minimum absolute atomic E-state index is 0.0621. The van der Waals surface area contributed by atoms with Crippen LogP contribution in [0.1, 0.15) is 30.0 Å². The van der Waals surface area contributed by atoms with Crippen LogP contribution in [-0.2, 0) is 6.42 Å². The lowest BCUT2D eigenvalue weighted by Crippen LogP contribution is -2.49. The first-order chi connectivity index (χ1) is 18.4. The number of anilines is 1. The summed E-state index contributed by atoms with van der Waals surface area (Å²) in [6.45, 7) is 3.67. The van der Waals surface area contributed by atoms with Gasteiger partial charge in [-0.2, -0.15) is 0 Å². The van der Waals surface area contributed by atoms with Crippen LogP contribution < -0.4 is 10.1 Å². The molecule has 8 heteroatoms. The van der Waals surface area contributed by atoms with Gasteiger partial charge in [-0.15, -0.1) is 0 Å². The van der Waals surface area contributed by atoms with Gasteiger partial charge in [0.2, 0.25) is 0 Å². The third-order valence-corrected chi connectivity index (χ3v) is 7.58. The number of halogens is 5. The number of hydrogen-bond acceptors (Lipinski definition) is 3. The highest BCUT2D eigenvalue weighted by Gasteiger charge is 2.31. The summed E-state index contributed by atoms with van der Waals surface area (Å²) in [7, 11) is 0. The molecular weight excluding hydrogens is 516 g/mol. The van der Waals surface area contributed by atoms with Gasteiger partial charge in [0.05, 0.1) is 23.3 Å². The number of alkyl halides is 1. The third kappa shape index (κ3) is 5.40. The molecule has 1 fully saturated rings. The van der Waals surface area contributed by atoms with Crippen LogP contribution in [0, 0.1) is 23.4 Å². The van der Waals surface area contributed by atoms with Crippen molar-refractivity contribution in [1.82, 2.24) is 4.90 Å². The molecule has 0 amide bonds. The van der Waals surface area contributed by atoms with Crippen molar-refractivity contribution in [2.75, 3.05) is 38.2 Å². The molecule has 0 aromatic heterocycles. The van der Waals surface area contributed by atoms with Crippen molar-refractivity contribution < 1.29 is 22.3 Å². The Balaban J connectivity index is 1.50. The highest BCUT2D eigenvalue weighted by molar-refractivity contribution is 6.32. The molecule has 2 aliphatic rings. The second-order valence-electron chi connectivity index (χ2n) is 9.82. The quantitative estimate of drug-likeness (QED) is 0.224. The SMILES string of the molecule is CC/C(=C(/c1c(F)cc(OCCN2CC(CF)C2)cc1F)C1Cc2ccccc2N1)c1ccc(F)cc1Cl. The highest BCUT2D eigenvalue weighted by atomic mass is 35.5. The first-order valence-electron chi connectivity index (χ1n) is 12.8. The average molecular weight is 545 g/mol. The van der Waals surface area contributed by atoms with E-state index in [1.807, 2.05) is 36.1 Å². The number of allylic oxidation sites excluding steroid dienone is 1. The van der Waals surface area contributed by atoms with Crippen molar-refractivity contribution in [3.8, 4) is 5.75 Å². The summed E-state index contributed by atoms with van der Waals surface area (Å²) in [5, 5.41) is 3.59. The summed E-state index contributed by atoms with van der Waals surface area (Å²) in [6.07, 6.45) is 0.947. The maximum absolute atomic E-state index is 15.8. The molecular formula is C30H29ClF4N2O. The molecule has 0 bridgehead atoms. The third-order valence-electron chi connectivity index (χ3n) is 7.27. The molecule has 1 unspecified atom stereocenters. The number of ether oxygens (including phenoxy) is 1. The van der Waals surface area contributed by atoms with Gasteiger partial charge in [-0.3, -0.25) is 9.29 Å². The number of hydrogen-bond donors (Lipinski definition) is 1. The highest BCUT2D eigenvalue weighted by Crippen LogP contribution is 2.42. The van der Waals surface area contributed by atoms with E-state index in [4.69, 9.17) is 16.3 Å². The zero-order valence-electron chi connectivity index (χ0n) is 21.0. The Morgan fingerprint density at radius 3 is 2.45 bits per heavy atom. The van der Waals surface area contributed by atoms with Gasteiger partial charge in [-0.1, -0.05) is 42.8 Å². The van der Waals surface area contributed by atoms with E-state index in [2.05, 4.69) is 5.32 Å². The van der Waals surface area contributed by atoms with Crippen LogP contribution >= 0.6 is 11.6 Å². The Morgan fingerprint density at radius 1 is 1.05 bits per heavy atom. The van der Waals surface area contributed by atoms with Crippen molar-refractivity contribution in [1.29, 1.82) is 0 Å². The van der Waals surface area contributed by atoms with Crippen LogP contribution in [0.4, 0.5) is 23.2 Å². The van der Waals surface area contributed by atoms with E-state index in [1.54, 1.807) is 6.07 Å². The molecule has 2 aliphatic heterocycles. The van der Waals surface area contributed by atoms with Crippen LogP contribution in [-0.4, -0.2) is 43.9 Å². The fourth-order valence-electron chi connectivity index (χ4n) is 5.41. The Hall–Kier alpha value is -3.03. The second kappa shape index (κ2) is 11.4. The standard InChI is InChI=1S/C30H29ClF4N2O/c1-2-22(23-8-7-20(33)12-24(23)31)29(28-11-19-5-3-4-6-27(19)36-28)30-25(34)13-21(14-26(30)35)38-10-9-37-16-18(15-32)17-37/h3-8,12-14,18,28,36H,2,9-11,15-17H2,1H3/b29-22-. The molecule has 1 atom stereocenters.